The summed E-state index contributed by atoms with van der Waals surface area (Å²) < 4.78 is 31.7. The van der Waals surface area contributed by atoms with Gasteiger partial charge >= 0.3 is 0 Å². The van der Waals surface area contributed by atoms with Gasteiger partial charge in [0.2, 0.25) is 10.0 Å². The minimum absolute atomic E-state index is 0.312. The highest BCUT2D eigenvalue weighted by atomic mass is 32.2. The lowest BCUT2D eigenvalue weighted by Gasteiger charge is -2.11. The van der Waals surface area contributed by atoms with Crippen LogP contribution in [0.25, 0.3) is 0 Å². The highest BCUT2D eigenvalue weighted by molar-refractivity contribution is 7.89. The minimum atomic E-state index is -3.42. The van der Waals surface area contributed by atoms with E-state index in [1.54, 1.807) is 19.2 Å². The molecule has 0 spiro atoms. The van der Waals surface area contributed by atoms with E-state index in [0.717, 1.165) is 12.0 Å². The van der Waals surface area contributed by atoms with Crippen LogP contribution >= 0.6 is 0 Å². The third kappa shape index (κ3) is 6.13. The normalized spacial score (nSPS) is 13.3. The predicted molar refractivity (Wildman–Crippen MR) is 85.1 cm³/mol. The van der Waals surface area contributed by atoms with Gasteiger partial charge in [-0.25, -0.2) is 13.1 Å². The zero-order valence-electron chi connectivity index (χ0n) is 13.1. The molecule has 21 heavy (non-hydrogen) atoms. The zero-order chi connectivity index (χ0) is 15.7. The maximum atomic E-state index is 12.1. The number of ether oxygens (including phenoxy) is 1. The Morgan fingerprint density at radius 3 is 2.38 bits per heavy atom. The molecule has 0 heterocycles. The molecule has 5 nitrogen and oxygen atoms in total. The lowest BCUT2D eigenvalue weighted by atomic mass is 9.99. The van der Waals surface area contributed by atoms with Crippen LogP contribution in [0.5, 0.6) is 0 Å². The third-order valence-corrected chi connectivity index (χ3v) is 4.93. The Balaban J connectivity index is 2.50. The molecular formula is C15H26N2O3S. The standard InChI is InChI=1S/C15H26N2O3S/c1-4-13(2)14-5-7-15(8-6-14)21(18,19)17-10-9-16-11-12-20-3/h5-8,13,16-17H,4,9-12H2,1-3H3. The first-order chi connectivity index (χ1) is 10.0. The van der Waals surface area contributed by atoms with Crippen LogP contribution in [-0.2, 0) is 14.8 Å². The summed E-state index contributed by atoms with van der Waals surface area (Å²) in [6.07, 6.45) is 1.04. The van der Waals surface area contributed by atoms with Crippen molar-refractivity contribution < 1.29 is 13.2 Å². The van der Waals surface area contributed by atoms with Gasteiger partial charge in [-0.3, -0.25) is 0 Å². The summed E-state index contributed by atoms with van der Waals surface area (Å²) in [5, 5.41) is 3.09. The Morgan fingerprint density at radius 1 is 1.14 bits per heavy atom. The van der Waals surface area contributed by atoms with Crippen molar-refractivity contribution in [2.24, 2.45) is 0 Å². The number of methoxy groups -OCH3 is 1. The average Bonchev–Trinajstić information content (AvgIpc) is 2.50. The molecule has 0 aromatic heterocycles. The molecule has 0 saturated heterocycles. The second kappa shape index (κ2) is 9.15. The number of benzene rings is 1. The molecule has 0 aliphatic rings. The van der Waals surface area contributed by atoms with E-state index in [9.17, 15) is 8.42 Å². The molecule has 1 aromatic rings. The fourth-order valence-corrected chi connectivity index (χ4v) is 2.90. The van der Waals surface area contributed by atoms with Crippen molar-refractivity contribution in [1.29, 1.82) is 0 Å². The number of hydrogen-bond acceptors (Lipinski definition) is 4. The summed E-state index contributed by atoms with van der Waals surface area (Å²) >= 11 is 0. The lowest BCUT2D eigenvalue weighted by Crippen LogP contribution is -2.33. The molecule has 0 saturated carbocycles. The van der Waals surface area contributed by atoms with Crippen molar-refractivity contribution in [3.8, 4) is 0 Å². The van der Waals surface area contributed by atoms with Crippen molar-refractivity contribution in [1.82, 2.24) is 10.0 Å². The molecule has 1 aromatic carbocycles. The zero-order valence-corrected chi connectivity index (χ0v) is 13.9. The molecule has 0 radical (unpaired) electrons. The van der Waals surface area contributed by atoms with Crippen LogP contribution < -0.4 is 10.0 Å². The van der Waals surface area contributed by atoms with Gasteiger partial charge in [0.25, 0.3) is 0 Å². The summed E-state index contributed by atoms with van der Waals surface area (Å²) in [5.74, 6) is 0.444. The fourth-order valence-electron chi connectivity index (χ4n) is 1.87. The van der Waals surface area contributed by atoms with Gasteiger partial charge in [0.1, 0.15) is 0 Å². The van der Waals surface area contributed by atoms with Gasteiger partial charge in [-0.15, -0.1) is 0 Å². The van der Waals surface area contributed by atoms with E-state index >= 15 is 0 Å². The first-order valence-corrected chi connectivity index (χ1v) is 8.79. The van der Waals surface area contributed by atoms with E-state index in [2.05, 4.69) is 23.9 Å². The molecule has 0 bridgehead atoms. The van der Waals surface area contributed by atoms with E-state index in [0.29, 0.717) is 37.1 Å². The Labute approximate surface area is 128 Å². The molecule has 6 heteroatoms. The van der Waals surface area contributed by atoms with E-state index < -0.39 is 10.0 Å². The Morgan fingerprint density at radius 2 is 1.81 bits per heavy atom. The molecule has 2 N–H and O–H groups in total. The Kier molecular flexibility index (Phi) is 7.88. The van der Waals surface area contributed by atoms with Crippen LogP contribution in [0.1, 0.15) is 31.7 Å². The number of sulfonamides is 1. The quantitative estimate of drug-likeness (QED) is 0.645. The van der Waals surface area contributed by atoms with E-state index in [-0.39, 0.29) is 0 Å². The highest BCUT2D eigenvalue weighted by Gasteiger charge is 2.13. The van der Waals surface area contributed by atoms with E-state index in [1.807, 2.05) is 12.1 Å². The van der Waals surface area contributed by atoms with Crippen LogP contribution in [0.4, 0.5) is 0 Å². The first kappa shape index (κ1) is 18.1. The van der Waals surface area contributed by atoms with Crippen LogP contribution in [0.3, 0.4) is 0 Å². The summed E-state index contributed by atoms with van der Waals surface area (Å²) in [5.41, 5.74) is 1.16. The van der Waals surface area contributed by atoms with E-state index in [1.165, 1.54) is 0 Å². The minimum Gasteiger partial charge on any atom is -0.383 e. The van der Waals surface area contributed by atoms with Gasteiger partial charge in [-0.05, 0) is 30.0 Å². The molecule has 1 unspecified atom stereocenters. The highest BCUT2D eigenvalue weighted by Crippen LogP contribution is 2.20. The molecular weight excluding hydrogens is 288 g/mol. The van der Waals surface area contributed by atoms with Crippen LogP contribution in [0, 0.1) is 0 Å². The van der Waals surface area contributed by atoms with Gasteiger partial charge in [-0.2, -0.15) is 0 Å². The molecule has 1 rings (SSSR count). The van der Waals surface area contributed by atoms with Gasteiger partial charge in [0.05, 0.1) is 11.5 Å². The molecule has 0 aliphatic carbocycles. The lowest BCUT2D eigenvalue weighted by molar-refractivity contribution is 0.199. The SMILES string of the molecule is CCC(C)c1ccc(S(=O)(=O)NCCNCCOC)cc1. The largest absolute Gasteiger partial charge is 0.383 e. The van der Waals surface area contributed by atoms with Crippen molar-refractivity contribution >= 4 is 10.0 Å². The summed E-state index contributed by atoms with van der Waals surface area (Å²) in [6.45, 7) is 6.51. The molecule has 0 amide bonds. The molecule has 1 atom stereocenters. The fraction of sp³-hybridized carbons (Fsp3) is 0.600. The Hall–Kier alpha value is -0.950. The second-order valence-corrected chi connectivity index (χ2v) is 6.79. The van der Waals surface area contributed by atoms with Crippen molar-refractivity contribution in [3.05, 3.63) is 29.8 Å². The topological polar surface area (TPSA) is 67.4 Å². The maximum Gasteiger partial charge on any atom is 0.240 e. The number of nitrogens with one attached hydrogen (secondary N) is 2. The number of hydrogen-bond donors (Lipinski definition) is 2. The van der Waals surface area contributed by atoms with Crippen molar-refractivity contribution in [3.63, 3.8) is 0 Å². The summed E-state index contributed by atoms with van der Waals surface area (Å²) in [4.78, 5) is 0.312. The van der Waals surface area contributed by atoms with Gasteiger partial charge < -0.3 is 10.1 Å². The third-order valence-electron chi connectivity index (χ3n) is 3.45. The first-order valence-electron chi connectivity index (χ1n) is 7.30. The molecule has 120 valence electrons. The average molecular weight is 314 g/mol. The maximum absolute atomic E-state index is 12.1. The smallest absolute Gasteiger partial charge is 0.240 e. The predicted octanol–water partition coefficient (Wildman–Crippen LogP) is 1.71. The van der Waals surface area contributed by atoms with Gasteiger partial charge in [0.15, 0.2) is 0 Å². The van der Waals surface area contributed by atoms with Crippen LogP contribution in [-0.4, -0.2) is 41.8 Å². The van der Waals surface area contributed by atoms with Gasteiger partial charge in [-0.1, -0.05) is 26.0 Å². The number of rotatable bonds is 10. The monoisotopic (exact) mass is 314 g/mol. The molecule has 0 fully saturated rings. The van der Waals surface area contributed by atoms with Gasteiger partial charge in [0, 0.05) is 26.7 Å². The summed E-state index contributed by atoms with van der Waals surface area (Å²) in [7, 11) is -1.79. The second-order valence-electron chi connectivity index (χ2n) is 5.02. The van der Waals surface area contributed by atoms with Crippen LogP contribution in [0.15, 0.2) is 29.2 Å². The van der Waals surface area contributed by atoms with Crippen molar-refractivity contribution in [2.45, 2.75) is 31.1 Å². The molecule has 0 aliphatic heterocycles. The van der Waals surface area contributed by atoms with Crippen LogP contribution in [0.2, 0.25) is 0 Å². The Bertz CT molecular complexity index is 500. The van der Waals surface area contributed by atoms with Crippen molar-refractivity contribution in [2.75, 3.05) is 33.4 Å². The van der Waals surface area contributed by atoms with E-state index in [4.69, 9.17) is 4.74 Å². The summed E-state index contributed by atoms with van der Waals surface area (Å²) in [6, 6.07) is 7.11.